The van der Waals surface area contributed by atoms with E-state index in [1.54, 1.807) is 36.4 Å². The fraction of sp³-hybridized carbons (Fsp3) is 0.297. The molecule has 1 N–H and O–H groups in total. The van der Waals surface area contributed by atoms with Gasteiger partial charge < -0.3 is 19.7 Å². The van der Waals surface area contributed by atoms with Crippen molar-refractivity contribution >= 4 is 50.7 Å². The molecule has 4 rings (SSSR count). The van der Waals surface area contributed by atoms with E-state index < -0.39 is 40.0 Å². The summed E-state index contributed by atoms with van der Waals surface area (Å²) >= 11 is 13.2. The first-order valence-electron chi connectivity index (χ1n) is 15.5. The van der Waals surface area contributed by atoms with Crippen molar-refractivity contribution in [2.45, 2.75) is 57.1 Å². The van der Waals surface area contributed by atoms with E-state index in [-0.39, 0.29) is 29.3 Å². The molecule has 4 aromatic carbocycles. The highest BCUT2D eigenvalue weighted by Gasteiger charge is 2.36. The number of hydrogen-bond donors (Lipinski definition) is 1. The Morgan fingerprint density at radius 2 is 1.45 bits per heavy atom. The quantitative estimate of drug-likeness (QED) is 0.158. The molecular weight excluding hydrogens is 685 g/mol. The van der Waals surface area contributed by atoms with Crippen LogP contribution in [0.2, 0.25) is 10.0 Å². The van der Waals surface area contributed by atoms with Crippen LogP contribution in [0, 0.1) is 6.92 Å². The monoisotopic (exact) mass is 725 g/mol. The number of hydrogen-bond acceptors (Lipinski definition) is 6. The lowest BCUT2D eigenvalue weighted by Gasteiger charge is -2.35. The molecule has 0 unspecified atom stereocenters. The molecule has 0 fully saturated rings. The maximum Gasteiger partial charge on any atom is 0.264 e. The summed E-state index contributed by atoms with van der Waals surface area (Å²) in [5.74, 6) is -0.441. The number of ether oxygens (including phenoxy) is 2. The van der Waals surface area contributed by atoms with Crippen LogP contribution < -0.4 is 19.1 Å². The third-order valence-electron chi connectivity index (χ3n) is 7.70. The number of rotatable bonds is 13. The molecule has 0 aliphatic rings. The summed E-state index contributed by atoms with van der Waals surface area (Å²) < 4.78 is 40.6. The first-order chi connectivity index (χ1) is 23.1. The average molecular weight is 727 g/mol. The molecule has 0 saturated heterocycles. The van der Waals surface area contributed by atoms with Gasteiger partial charge in [0.25, 0.3) is 10.0 Å². The summed E-state index contributed by atoms with van der Waals surface area (Å²) in [6, 6.07) is 24.1. The third-order valence-corrected chi connectivity index (χ3v) is 10.2. The predicted molar refractivity (Wildman–Crippen MR) is 194 cm³/mol. The summed E-state index contributed by atoms with van der Waals surface area (Å²) in [4.78, 5) is 30.2. The SMILES string of the molecule is COc1ccc(N(CC(=O)N(Cc2c(Cl)cccc2Cl)[C@@H](Cc2ccccc2)C(=O)NC(C)(C)C)S(=O)(=O)c2ccc(C)cc2)cc1OC. The lowest BCUT2D eigenvalue weighted by molar-refractivity contribution is -0.140. The van der Waals surface area contributed by atoms with E-state index in [1.165, 1.54) is 43.4 Å². The minimum atomic E-state index is -4.33. The fourth-order valence-electron chi connectivity index (χ4n) is 5.21. The van der Waals surface area contributed by atoms with Gasteiger partial charge in [-0.25, -0.2) is 8.42 Å². The van der Waals surface area contributed by atoms with E-state index >= 15 is 0 Å². The maximum absolute atomic E-state index is 14.8. The summed E-state index contributed by atoms with van der Waals surface area (Å²) in [7, 11) is -1.43. The molecule has 0 bridgehead atoms. The predicted octanol–water partition coefficient (Wildman–Crippen LogP) is 7.07. The van der Waals surface area contributed by atoms with Crippen LogP contribution in [0.1, 0.15) is 37.5 Å². The van der Waals surface area contributed by atoms with E-state index in [4.69, 9.17) is 32.7 Å². The minimum Gasteiger partial charge on any atom is -0.493 e. The van der Waals surface area contributed by atoms with Crippen molar-refractivity contribution in [3.8, 4) is 11.5 Å². The Morgan fingerprint density at radius 3 is 2.02 bits per heavy atom. The number of carbonyl (C=O) groups is 2. The van der Waals surface area contributed by atoms with Crippen LogP contribution >= 0.6 is 23.2 Å². The zero-order valence-electron chi connectivity index (χ0n) is 28.4. The summed E-state index contributed by atoms with van der Waals surface area (Å²) in [6.07, 6.45) is 0.137. The van der Waals surface area contributed by atoms with Gasteiger partial charge in [-0.05, 0) is 69.7 Å². The zero-order chi connectivity index (χ0) is 35.9. The van der Waals surface area contributed by atoms with Crippen LogP contribution in [0.3, 0.4) is 0 Å². The van der Waals surface area contributed by atoms with Crippen LogP contribution in [0.15, 0.2) is 95.9 Å². The van der Waals surface area contributed by atoms with Gasteiger partial charge in [-0.1, -0.05) is 77.3 Å². The molecule has 0 aliphatic heterocycles. The highest BCUT2D eigenvalue weighted by atomic mass is 35.5. The van der Waals surface area contributed by atoms with Gasteiger partial charge in [-0.3, -0.25) is 13.9 Å². The second-order valence-corrected chi connectivity index (χ2v) is 15.2. The van der Waals surface area contributed by atoms with Crippen molar-refractivity contribution in [2.24, 2.45) is 0 Å². The van der Waals surface area contributed by atoms with Gasteiger partial charge in [0.1, 0.15) is 12.6 Å². The molecule has 0 aromatic heterocycles. The zero-order valence-corrected chi connectivity index (χ0v) is 30.7. The second-order valence-electron chi connectivity index (χ2n) is 12.5. The Hall–Kier alpha value is -4.25. The van der Waals surface area contributed by atoms with Gasteiger partial charge in [0.05, 0.1) is 24.8 Å². The average Bonchev–Trinajstić information content (AvgIpc) is 3.05. The van der Waals surface area contributed by atoms with E-state index in [0.717, 1.165) is 15.4 Å². The maximum atomic E-state index is 14.8. The lowest BCUT2D eigenvalue weighted by atomic mass is 10.0. The molecule has 260 valence electrons. The molecule has 49 heavy (non-hydrogen) atoms. The molecule has 0 heterocycles. The standard InChI is InChI=1S/C37H41Cl2N3O6S/c1-25-15-18-28(19-16-25)49(45,46)42(27-17-20-33(47-5)34(22-27)48-6)24-35(43)41(23-29-30(38)13-10-14-31(29)39)32(36(44)40-37(2,3)4)21-26-11-8-7-9-12-26/h7-20,22,32H,21,23-24H2,1-6H3,(H,40,44)/t32-/m0/s1. The first-order valence-corrected chi connectivity index (χ1v) is 17.7. The molecule has 0 radical (unpaired) electrons. The third kappa shape index (κ3) is 9.47. The Kier molecular flexibility index (Phi) is 12.2. The molecule has 2 amide bonds. The minimum absolute atomic E-state index is 0.0207. The number of amides is 2. The Bertz CT molecular complexity index is 1860. The van der Waals surface area contributed by atoms with Gasteiger partial charge in [0.2, 0.25) is 11.8 Å². The largest absolute Gasteiger partial charge is 0.493 e. The Morgan fingerprint density at radius 1 is 0.837 bits per heavy atom. The van der Waals surface area contributed by atoms with Crippen molar-refractivity contribution in [2.75, 3.05) is 25.1 Å². The first kappa shape index (κ1) is 37.6. The number of sulfonamides is 1. The van der Waals surface area contributed by atoms with Crippen molar-refractivity contribution < 1.29 is 27.5 Å². The number of nitrogens with one attached hydrogen (secondary N) is 1. The summed E-state index contributed by atoms with van der Waals surface area (Å²) in [6.45, 7) is 6.54. The smallest absolute Gasteiger partial charge is 0.264 e. The number of benzene rings is 4. The van der Waals surface area contributed by atoms with Gasteiger partial charge in [0.15, 0.2) is 11.5 Å². The van der Waals surface area contributed by atoms with Gasteiger partial charge >= 0.3 is 0 Å². The number of halogens is 2. The molecule has 12 heteroatoms. The van der Waals surface area contributed by atoms with Crippen molar-refractivity contribution in [1.29, 1.82) is 0 Å². The molecule has 0 aliphatic carbocycles. The number of aryl methyl sites for hydroxylation is 1. The molecule has 0 saturated carbocycles. The molecule has 0 spiro atoms. The van der Waals surface area contributed by atoms with Crippen LogP contribution in [0.25, 0.3) is 0 Å². The molecule has 4 aromatic rings. The van der Waals surface area contributed by atoms with Gasteiger partial charge in [-0.2, -0.15) is 0 Å². The highest BCUT2D eigenvalue weighted by Crippen LogP contribution is 2.34. The summed E-state index contributed by atoms with van der Waals surface area (Å²) in [5.41, 5.74) is 1.59. The van der Waals surface area contributed by atoms with Crippen molar-refractivity contribution in [1.82, 2.24) is 10.2 Å². The van der Waals surface area contributed by atoms with Gasteiger partial charge in [-0.15, -0.1) is 0 Å². The number of carbonyl (C=O) groups excluding carboxylic acids is 2. The van der Waals surface area contributed by atoms with Gasteiger partial charge in [0, 0.05) is 40.2 Å². The van der Waals surface area contributed by atoms with Crippen molar-refractivity contribution in [3.05, 3.63) is 118 Å². The van der Waals surface area contributed by atoms with E-state index in [9.17, 15) is 18.0 Å². The van der Waals surface area contributed by atoms with Crippen molar-refractivity contribution in [3.63, 3.8) is 0 Å². The van der Waals surface area contributed by atoms with Crippen LogP contribution in [-0.2, 0) is 32.6 Å². The number of anilines is 1. The lowest BCUT2D eigenvalue weighted by Crippen LogP contribution is -2.56. The molecule has 1 atom stereocenters. The highest BCUT2D eigenvalue weighted by molar-refractivity contribution is 7.92. The Labute approximate surface area is 298 Å². The topological polar surface area (TPSA) is 105 Å². The summed E-state index contributed by atoms with van der Waals surface area (Å²) in [5, 5.41) is 3.59. The number of methoxy groups -OCH3 is 2. The van der Waals surface area contributed by atoms with E-state index in [2.05, 4.69) is 5.32 Å². The fourth-order valence-corrected chi connectivity index (χ4v) is 7.13. The van der Waals surface area contributed by atoms with Crippen LogP contribution in [-0.4, -0.2) is 57.5 Å². The Balaban J connectivity index is 1.89. The van der Waals surface area contributed by atoms with Crippen LogP contribution in [0.5, 0.6) is 11.5 Å². The van der Waals surface area contributed by atoms with Crippen LogP contribution in [0.4, 0.5) is 5.69 Å². The molecular formula is C37H41Cl2N3O6S. The van der Waals surface area contributed by atoms with E-state index in [1.807, 2.05) is 58.0 Å². The van der Waals surface area contributed by atoms with E-state index in [0.29, 0.717) is 21.4 Å². The second kappa shape index (κ2) is 16.0. The molecule has 9 nitrogen and oxygen atoms in total. The number of nitrogens with zero attached hydrogens (tertiary/aromatic N) is 2. The normalized spacial score (nSPS) is 12.2.